The molecule has 0 aliphatic carbocycles. The largest absolute Gasteiger partial charge is 0.452 e. The van der Waals surface area contributed by atoms with Crippen molar-refractivity contribution in [3.8, 4) is 11.5 Å². The van der Waals surface area contributed by atoms with Gasteiger partial charge in [-0.15, -0.1) is 0 Å². The molecule has 1 aliphatic rings. The number of ether oxygens (including phenoxy) is 2. The van der Waals surface area contributed by atoms with Gasteiger partial charge in [0.05, 0.1) is 11.1 Å². The van der Waals surface area contributed by atoms with Gasteiger partial charge in [-0.1, -0.05) is 23.7 Å². The van der Waals surface area contributed by atoms with Gasteiger partial charge in [0.2, 0.25) is 5.78 Å². The molecule has 5 nitrogen and oxygen atoms in total. The van der Waals surface area contributed by atoms with E-state index in [1.165, 1.54) is 12.3 Å². The van der Waals surface area contributed by atoms with Gasteiger partial charge in [-0.25, -0.2) is 4.79 Å². The van der Waals surface area contributed by atoms with E-state index in [1.54, 1.807) is 55.6 Å². The normalized spacial score (nSPS) is 13.9. The van der Waals surface area contributed by atoms with Crippen LogP contribution in [0.1, 0.15) is 31.8 Å². The van der Waals surface area contributed by atoms with E-state index < -0.39 is 5.97 Å². The lowest BCUT2D eigenvalue weighted by Crippen LogP contribution is -2.09. The summed E-state index contributed by atoms with van der Waals surface area (Å²) in [7, 11) is 0. The Morgan fingerprint density at radius 2 is 2.04 bits per heavy atom. The van der Waals surface area contributed by atoms with Gasteiger partial charge < -0.3 is 9.47 Å². The molecule has 0 bridgehead atoms. The molecule has 0 saturated carbocycles. The molecule has 3 aromatic rings. The molecule has 0 spiro atoms. The summed E-state index contributed by atoms with van der Waals surface area (Å²) in [4.78, 5) is 28.9. The smallest absolute Gasteiger partial charge is 0.345 e. The van der Waals surface area contributed by atoms with Crippen molar-refractivity contribution in [3.63, 3.8) is 0 Å². The minimum Gasteiger partial charge on any atom is -0.452 e. The third-order valence-corrected chi connectivity index (χ3v) is 4.43. The highest BCUT2D eigenvalue weighted by atomic mass is 35.5. The van der Waals surface area contributed by atoms with E-state index >= 15 is 0 Å². The molecule has 1 aliphatic heterocycles. The van der Waals surface area contributed by atoms with Gasteiger partial charge in [0.25, 0.3) is 0 Å². The summed E-state index contributed by atoms with van der Waals surface area (Å²) < 4.78 is 11.1. The van der Waals surface area contributed by atoms with Crippen LogP contribution in [0.5, 0.6) is 11.5 Å². The first-order valence-electron chi connectivity index (χ1n) is 8.48. The number of pyridine rings is 1. The summed E-state index contributed by atoms with van der Waals surface area (Å²) in [5, 5.41) is 0.568. The molecule has 138 valence electrons. The molecular formula is C22H14ClNO4. The van der Waals surface area contributed by atoms with Crippen molar-refractivity contribution >= 4 is 29.4 Å². The van der Waals surface area contributed by atoms with Gasteiger partial charge in [0.15, 0.2) is 5.76 Å². The lowest BCUT2D eigenvalue weighted by Gasteiger charge is -2.07. The Morgan fingerprint density at radius 1 is 1.18 bits per heavy atom. The molecule has 1 aromatic heterocycles. The van der Waals surface area contributed by atoms with Gasteiger partial charge in [-0.3, -0.25) is 9.78 Å². The highest BCUT2D eigenvalue weighted by Crippen LogP contribution is 2.37. The number of hydrogen-bond donors (Lipinski definition) is 0. The molecule has 6 heteroatoms. The standard InChI is InChI=1S/C22H14ClNO4/c1-13-8-17(27-22(26)15-5-3-7-24-12-15)11-18-20(13)21(25)19(28-18)10-14-4-2-6-16(23)9-14/h2-12H,1H3/b19-10-. The Morgan fingerprint density at radius 3 is 2.79 bits per heavy atom. The number of fused-ring (bicyclic) bond motifs is 1. The Labute approximate surface area is 166 Å². The number of hydrogen-bond acceptors (Lipinski definition) is 5. The number of benzene rings is 2. The number of ketones is 1. The SMILES string of the molecule is Cc1cc(OC(=O)c2cccnc2)cc2c1C(=O)/C(=C/c1cccc(Cl)c1)O2. The average Bonchev–Trinajstić information content (AvgIpc) is 2.98. The lowest BCUT2D eigenvalue weighted by molar-refractivity contribution is 0.0734. The van der Waals surface area contributed by atoms with Gasteiger partial charge in [-0.2, -0.15) is 0 Å². The number of carbonyl (C=O) groups excluding carboxylic acids is 2. The molecule has 0 fully saturated rings. The van der Waals surface area contributed by atoms with E-state index in [2.05, 4.69) is 4.98 Å². The number of aromatic nitrogens is 1. The summed E-state index contributed by atoms with van der Waals surface area (Å²) >= 11 is 5.99. The van der Waals surface area contributed by atoms with Crippen LogP contribution in [0.25, 0.3) is 6.08 Å². The maximum Gasteiger partial charge on any atom is 0.345 e. The third-order valence-electron chi connectivity index (χ3n) is 4.20. The van der Waals surface area contributed by atoms with Crippen LogP contribution in [0.15, 0.2) is 66.7 Å². The van der Waals surface area contributed by atoms with E-state index in [9.17, 15) is 9.59 Å². The highest BCUT2D eigenvalue weighted by molar-refractivity contribution is 6.30. The number of rotatable bonds is 3. The molecule has 0 saturated heterocycles. The molecule has 0 N–H and O–H groups in total. The second kappa shape index (κ2) is 7.29. The summed E-state index contributed by atoms with van der Waals surface area (Å²) in [5.74, 6) is 0.0781. The van der Waals surface area contributed by atoms with E-state index in [4.69, 9.17) is 21.1 Å². The summed E-state index contributed by atoms with van der Waals surface area (Å²) in [6.07, 6.45) is 4.63. The van der Waals surface area contributed by atoms with Gasteiger partial charge in [0.1, 0.15) is 11.5 Å². The fraction of sp³-hybridized carbons (Fsp3) is 0.0455. The van der Waals surface area contributed by atoms with E-state index in [1.807, 2.05) is 6.07 Å². The predicted molar refractivity (Wildman–Crippen MR) is 105 cm³/mol. The molecule has 28 heavy (non-hydrogen) atoms. The third kappa shape index (κ3) is 3.52. The van der Waals surface area contributed by atoms with Crippen LogP contribution < -0.4 is 9.47 Å². The van der Waals surface area contributed by atoms with E-state index in [0.29, 0.717) is 33.2 Å². The van der Waals surface area contributed by atoms with Gasteiger partial charge in [0, 0.05) is 23.5 Å². The lowest BCUT2D eigenvalue weighted by atomic mass is 10.0. The molecule has 0 amide bonds. The predicted octanol–water partition coefficient (Wildman–Crippen LogP) is 4.88. The van der Waals surface area contributed by atoms with Crippen molar-refractivity contribution in [2.24, 2.45) is 0 Å². The number of allylic oxidation sites excluding steroid dienone is 1. The average molecular weight is 392 g/mol. The topological polar surface area (TPSA) is 65.5 Å². The molecule has 4 rings (SSSR count). The Kier molecular flexibility index (Phi) is 4.67. The zero-order chi connectivity index (χ0) is 19.7. The fourth-order valence-corrected chi connectivity index (χ4v) is 3.13. The number of nitrogens with zero attached hydrogens (tertiary/aromatic N) is 1. The second-order valence-electron chi connectivity index (χ2n) is 6.24. The summed E-state index contributed by atoms with van der Waals surface area (Å²) in [5.41, 5.74) is 2.20. The second-order valence-corrected chi connectivity index (χ2v) is 6.68. The van der Waals surface area contributed by atoms with Crippen molar-refractivity contribution in [1.82, 2.24) is 4.98 Å². The van der Waals surface area contributed by atoms with Crippen molar-refractivity contribution < 1.29 is 19.1 Å². The minimum absolute atomic E-state index is 0.191. The minimum atomic E-state index is -0.536. The molecule has 2 heterocycles. The molecule has 2 aromatic carbocycles. The van der Waals surface area contributed by atoms with Crippen molar-refractivity contribution in [2.75, 3.05) is 0 Å². The Bertz CT molecular complexity index is 1120. The Balaban J connectivity index is 1.62. The van der Waals surface area contributed by atoms with Crippen molar-refractivity contribution in [2.45, 2.75) is 6.92 Å². The monoisotopic (exact) mass is 391 g/mol. The van der Waals surface area contributed by atoms with Crippen LogP contribution in [0.2, 0.25) is 5.02 Å². The van der Waals surface area contributed by atoms with Crippen LogP contribution in [-0.2, 0) is 0 Å². The zero-order valence-corrected chi connectivity index (χ0v) is 15.6. The van der Waals surface area contributed by atoms with Crippen LogP contribution in [0.3, 0.4) is 0 Å². The Hall–Kier alpha value is -3.44. The van der Waals surface area contributed by atoms with Crippen molar-refractivity contribution in [1.29, 1.82) is 0 Å². The maximum absolute atomic E-state index is 12.7. The number of halogens is 1. The maximum atomic E-state index is 12.7. The van der Waals surface area contributed by atoms with Gasteiger partial charge >= 0.3 is 5.97 Å². The quantitative estimate of drug-likeness (QED) is 0.361. The molecule has 0 unspecified atom stereocenters. The van der Waals surface area contributed by atoms with Crippen molar-refractivity contribution in [3.05, 3.63) is 94.0 Å². The van der Waals surface area contributed by atoms with Crippen LogP contribution in [-0.4, -0.2) is 16.7 Å². The molecule has 0 atom stereocenters. The van der Waals surface area contributed by atoms with Crippen LogP contribution >= 0.6 is 11.6 Å². The molecular weight excluding hydrogens is 378 g/mol. The number of aryl methyl sites for hydroxylation is 1. The number of esters is 1. The summed E-state index contributed by atoms with van der Waals surface area (Å²) in [6, 6.07) is 13.5. The van der Waals surface area contributed by atoms with E-state index in [-0.39, 0.29) is 11.5 Å². The first kappa shape index (κ1) is 17.9. The summed E-state index contributed by atoms with van der Waals surface area (Å²) in [6.45, 7) is 1.77. The van der Waals surface area contributed by atoms with Crippen LogP contribution in [0, 0.1) is 6.92 Å². The van der Waals surface area contributed by atoms with Crippen LogP contribution in [0.4, 0.5) is 0 Å². The zero-order valence-electron chi connectivity index (χ0n) is 14.8. The number of Topliss-reactive ketones (excluding diaryl/α,β-unsaturated/α-hetero) is 1. The van der Waals surface area contributed by atoms with Gasteiger partial charge in [-0.05, 0) is 54.5 Å². The first-order valence-corrected chi connectivity index (χ1v) is 8.86. The first-order chi connectivity index (χ1) is 13.5. The fourth-order valence-electron chi connectivity index (χ4n) is 2.93. The number of carbonyl (C=O) groups is 2. The molecule has 0 radical (unpaired) electrons. The van der Waals surface area contributed by atoms with E-state index in [0.717, 1.165) is 5.56 Å². The highest BCUT2D eigenvalue weighted by Gasteiger charge is 2.30.